The molecule has 1 heterocycles. The average Bonchev–Trinajstić information content (AvgIpc) is 2.66. The molecule has 0 saturated heterocycles. The molecular formula is C22H24FN3O3S. The molecule has 30 heavy (non-hydrogen) atoms. The molecule has 2 unspecified atom stereocenters. The molecule has 6 nitrogen and oxygen atoms in total. The van der Waals surface area contributed by atoms with Crippen molar-refractivity contribution >= 4 is 15.9 Å². The summed E-state index contributed by atoms with van der Waals surface area (Å²) in [6, 6.07) is 10.1. The topological polar surface area (TPSA) is 88.2 Å². The quantitative estimate of drug-likeness (QED) is 0.765. The highest BCUT2D eigenvalue weighted by Crippen LogP contribution is 2.57. The zero-order valence-electron chi connectivity index (χ0n) is 16.5. The van der Waals surface area contributed by atoms with Crippen molar-refractivity contribution in [1.82, 2.24) is 15.0 Å². The summed E-state index contributed by atoms with van der Waals surface area (Å²) in [6.45, 7) is 0. The summed E-state index contributed by atoms with van der Waals surface area (Å²) in [5.74, 6) is 0.0476. The van der Waals surface area contributed by atoms with E-state index in [0.717, 1.165) is 44.2 Å². The van der Waals surface area contributed by atoms with Crippen molar-refractivity contribution in [1.29, 1.82) is 0 Å². The van der Waals surface area contributed by atoms with E-state index in [0.29, 0.717) is 24.0 Å². The van der Waals surface area contributed by atoms with Gasteiger partial charge in [0.25, 0.3) is 5.91 Å². The number of amides is 1. The molecule has 0 aliphatic heterocycles. The third-order valence-electron chi connectivity index (χ3n) is 6.81. The van der Waals surface area contributed by atoms with Crippen LogP contribution in [-0.4, -0.2) is 30.4 Å². The summed E-state index contributed by atoms with van der Waals surface area (Å²) in [4.78, 5) is 17.0. The SMILES string of the molecule is O=C(NC12CC3CC(C1)CC(NS(=O)(=O)c1ccc(F)cc1)(C3)C2)c1ccccn1. The van der Waals surface area contributed by atoms with Crippen LogP contribution in [0.5, 0.6) is 0 Å². The molecule has 1 amide bonds. The lowest BCUT2D eigenvalue weighted by molar-refractivity contribution is -0.0390. The largest absolute Gasteiger partial charge is 0.345 e. The van der Waals surface area contributed by atoms with Gasteiger partial charge in [0, 0.05) is 17.3 Å². The number of hydrogen-bond donors (Lipinski definition) is 2. The number of hydrogen-bond acceptors (Lipinski definition) is 4. The van der Waals surface area contributed by atoms with Gasteiger partial charge in [-0.3, -0.25) is 9.78 Å². The first kappa shape index (κ1) is 19.6. The number of pyridine rings is 1. The zero-order chi connectivity index (χ0) is 21.0. The maximum atomic E-state index is 13.2. The predicted molar refractivity (Wildman–Crippen MR) is 109 cm³/mol. The molecule has 6 rings (SSSR count). The summed E-state index contributed by atoms with van der Waals surface area (Å²) in [5.41, 5.74) is -0.646. The lowest BCUT2D eigenvalue weighted by atomic mass is 9.50. The zero-order valence-corrected chi connectivity index (χ0v) is 17.3. The van der Waals surface area contributed by atoms with Crippen LogP contribution in [0.15, 0.2) is 53.6 Å². The first-order valence-electron chi connectivity index (χ1n) is 10.3. The Balaban J connectivity index is 1.41. The molecule has 4 aliphatic carbocycles. The predicted octanol–water partition coefficient (Wildman–Crippen LogP) is 3.02. The Labute approximate surface area is 175 Å². The minimum Gasteiger partial charge on any atom is -0.345 e. The summed E-state index contributed by atoms with van der Waals surface area (Å²) in [5, 5.41) is 3.21. The molecule has 158 valence electrons. The van der Waals surface area contributed by atoms with Crippen molar-refractivity contribution < 1.29 is 17.6 Å². The Bertz CT molecular complexity index is 1060. The third kappa shape index (κ3) is 3.52. The number of nitrogens with zero attached hydrogens (tertiary/aromatic N) is 1. The Hall–Kier alpha value is -2.32. The minimum atomic E-state index is -3.79. The highest BCUT2D eigenvalue weighted by molar-refractivity contribution is 7.89. The van der Waals surface area contributed by atoms with Crippen molar-refractivity contribution in [3.63, 3.8) is 0 Å². The number of carbonyl (C=O) groups excluding carboxylic acids is 1. The molecule has 4 aliphatic rings. The van der Waals surface area contributed by atoms with E-state index in [2.05, 4.69) is 15.0 Å². The number of halogens is 1. The second kappa shape index (κ2) is 6.85. The van der Waals surface area contributed by atoms with E-state index < -0.39 is 26.9 Å². The van der Waals surface area contributed by atoms with Crippen LogP contribution >= 0.6 is 0 Å². The highest BCUT2D eigenvalue weighted by atomic mass is 32.2. The van der Waals surface area contributed by atoms with Crippen molar-refractivity contribution in [3.8, 4) is 0 Å². The van der Waals surface area contributed by atoms with Crippen LogP contribution < -0.4 is 10.0 Å². The van der Waals surface area contributed by atoms with Gasteiger partial charge in [0.05, 0.1) is 4.90 Å². The van der Waals surface area contributed by atoms with Crippen LogP contribution in [0, 0.1) is 17.7 Å². The van der Waals surface area contributed by atoms with Gasteiger partial charge in [-0.15, -0.1) is 0 Å². The van der Waals surface area contributed by atoms with Crippen molar-refractivity contribution in [2.24, 2.45) is 11.8 Å². The minimum absolute atomic E-state index is 0.0613. The first-order valence-corrected chi connectivity index (χ1v) is 11.8. The molecule has 2 aromatic rings. The molecule has 0 radical (unpaired) electrons. The van der Waals surface area contributed by atoms with E-state index in [1.165, 1.54) is 12.1 Å². The van der Waals surface area contributed by atoms with E-state index in [9.17, 15) is 17.6 Å². The Morgan fingerprint density at radius 2 is 1.67 bits per heavy atom. The van der Waals surface area contributed by atoms with E-state index in [-0.39, 0.29) is 10.8 Å². The molecular weight excluding hydrogens is 405 g/mol. The van der Waals surface area contributed by atoms with Crippen molar-refractivity contribution in [2.45, 2.75) is 54.5 Å². The number of sulfonamides is 1. The van der Waals surface area contributed by atoms with Crippen LogP contribution in [0.3, 0.4) is 0 Å². The first-order chi connectivity index (χ1) is 14.3. The summed E-state index contributed by atoms with van der Waals surface area (Å²) in [7, 11) is -3.79. The Kier molecular flexibility index (Phi) is 4.48. The lowest BCUT2D eigenvalue weighted by Gasteiger charge is -2.62. The molecule has 0 spiro atoms. The van der Waals surface area contributed by atoms with Crippen LogP contribution in [0.2, 0.25) is 0 Å². The van der Waals surface area contributed by atoms with E-state index >= 15 is 0 Å². The van der Waals surface area contributed by atoms with E-state index in [4.69, 9.17) is 0 Å². The molecule has 4 bridgehead atoms. The van der Waals surface area contributed by atoms with Crippen molar-refractivity contribution in [2.75, 3.05) is 0 Å². The smallest absolute Gasteiger partial charge is 0.270 e. The fraction of sp³-hybridized carbons (Fsp3) is 0.455. The number of aromatic nitrogens is 1. The Morgan fingerprint density at radius 1 is 1.00 bits per heavy atom. The highest BCUT2D eigenvalue weighted by Gasteiger charge is 2.59. The van der Waals surface area contributed by atoms with Crippen LogP contribution in [0.1, 0.15) is 49.0 Å². The van der Waals surface area contributed by atoms with Gasteiger partial charge >= 0.3 is 0 Å². The van der Waals surface area contributed by atoms with E-state index in [1.807, 2.05) is 0 Å². The Morgan fingerprint density at radius 3 is 2.30 bits per heavy atom. The fourth-order valence-electron chi connectivity index (χ4n) is 6.29. The van der Waals surface area contributed by atoms with Gasteiger partial charge in [-0.05, 0) is 86.8 Å². The average molecular weight is 430 g/mol. The van der Waals surface area contributed by atoms with Gasteiger partial charge in [-0.2, -0.15) is 0 Å². The van der Waals surface area contributed by atoms with Gasteiger partial charge in [0.1, 0.15) is 11.5 Å². The molecule has 2 N–H and O–H groups in total. The van der Waals surface area contributed by atoms with Gasteiger partial charge < -0.3 is 5.32 Å². The number of carbonyl (C=O) groups is 1. The van der Waals surface area contributed by atoms with Gasteiger partial charge in [-0.1, -0.05) is 6.07 Å². The summed E-state index contributed by atoms with van der Waals surface area (Å²) in [6.07, 6.45) is 6.49. The summed E-state index contributed by atoms with van der Waals surface area (Å²) >= 11 is 0. The molecule has 4 saturated carbocycles. The lowest BCUT2D eigenvalue weighted by Crippen LogP contribution is -2.69. The molecule has 1 aromatic carbocycles. The van der Waals surface area contributed by atoms with Gasteiger partial charge in [-0.25, -0.2) is 17.5 Å². The second-order valence-corrected chi connectivity index (χ2v) is 10.9. The fourth-order valence-corrected chi connectivity index (χ4v) is 7.71. The standard InChI is InChI=1S/C22H24FN3O3S/c23-17-4-6-18(7-5-17)30(28,29)26-22-12-15-9-16(13-22)11-21(10-15,14-22)25-20(27)19-3-1-2-8-24-19/h1-8,15-16,26H,9-14H2,(H,25,27). The monoisotopic (exact) mass is 429 g/mol. The maximum Gasteiger partial charge on any atom is 0.270 e. The number of rotatable bonds is 5. The van der Waals surface area contributed by atoms with Gasteiger partial charge in [0.2, 0.25) is 10.0 Å². The normalized spacial score (nSPS) is 32.2. The maximum absolute atomic E-state index is 13.2. The number of nitrogens with one attached hydrogen (secondary N) is 2. The van der Waals surface area contributed by atoms with E-state index in [1.54, 1.807) is 24.4 Å². The van der Waals surface area contributed by atoms with Crippen LogP contribution in [0.25, 0.3) is 0 Å². The molecule has 1 aromatic heterocycles. The second-order valence-electron chi connectivity index (χ2n) is 9.25. The molecule has 2 atom stereocenters. The van der Waals surface area contributed by atoms with Gasteiger partial charge in [0.15, 0.2) is 0 Å². The van der Waals surface area contributed by atoms with Crippen molar-refractivity contribution in [3.05, 3.63) is 60.2 Å². The third-order valence-corrected chi connectivity index (χ3v) is 8.41. The summed E-state index contributed by atoms with van der Waals surface area (Å²) < 4.78 is 42.3. The number of benzene rings is 1. The molecule has 4 fully saturated rings. The molecule has 8 heteroatoms. The van der Waals surface area contributed by atoms with Crippen LogP contribution in [0.4, 0.5) is 4.39 Å². The van der Waals surface area contributed by atoms with Crippen LogP contribution in [-0.2, 0) is 10.0 Å².